The predicted molar refractivity (Wildman–Crippen MR) is 63.1 cm³/mol. The Balaban J connectivity index is 2.94. The summed E-state index contributed by atoms with van der Waals surface area (Å²) in [6, 6.07) is 2.60. The van der Waals surface area contributed by atoms with Crippen molar-refractivity contribution in [1.82, 2.24) is 10.3 Å². The molecule has 5 heteroatoms. The molecule has 1 amide bonds. The molecule has 0 radical (unpaired) electrons. The van der Waals surface area contributed by atoms with Crippen LogP contribution in [0.5, 0.6) is 0 Å². The summed E-state index contributed by atoms with van der Waals surface area (Å²) >= 11 is 0. The van der Waals surface area contributed by atoms with Crippen molar-refractivity contribution in [2.24, 2.45) is 0 Å². The number of carbonyl (C=O) groups excluding carboxylic acids is 1. The van der Waals surface area contributed by atoms with Gasteiger partial charge in [-0.05, 0) is 26.0 Å². The van der Waals surface area contributed by atoms with Crippen LogP contribution in [-0.4, -0.2) is 28.0 Å². The highest BCUT2D eigenvalue weighted by Gasteiger charge is 2.13. The van der Waals surface area contributed by atoms with Crippen molar-refractivity contribution >= 4 is 11.9 Å². The molecule has 0 aliphatic carbocycles. The van der Waals surface area contributed by atoms with Crippen LogP contribution in [0, 0.1) is 6.92 Å². The summed E-state index contributed by atoms with van der Waals surface area (Å²) in [5.74, 6) is -1.40. The zero-order valence-electron chi connectivity index (χ0n) is 9.73. The number of carboxylic acids is 1. The van der Waals surface area contributed by atoms with Crippen molar-refractivity contribution in [3.8, 4) is 0 Å². The van der Waals surface area contributed by atoms with E-state index < -0.39 is 5.97 Å². The zero-order valence-corrected chi connectivity index (χ0v) is 9.73. The highest BCUT2D eigenvalue weighted by Crippen LogP contribution is 2.07. The first-order valence-corrected chi connectivity index (χ1v) is 5.10. The van der Waals surface area contributed by atoms with Gasteiger partial charge in [-0.25, -0.2) is 9.78 Å². The summed E-state index contributed by atoms with van der Waals surface area (Å²) in [7, 11) is 0. The van der Waals surface area contributed by atoms with Crippen LogP contribution in [0.2, 0.25) is 0 Å². The summed E-state index contributed by atoms with van der Waals surface area (Å²) < 4.78 is 0. The molecule has 0 aliphatic rings. The van der Waals surface area contributed by atoms with Gasteiger partial charge in [0.2, 0.25) is 0 Å². The summed E-state index contributed by atoms with van der Waals surface area (Å²) in [5, 5.41) is 11.5. The standard InChI is InChI=1S/C12H14N2O3/c1-4-7(2)13-11(15)10-6-5-9(12(16)17)8(3)14-10/h4-7H,1H2,2-3H3,(H,13,15)(H,16,17). The Kier molecular flexibility index (Phi) is 3.98. The normalized spacial score (nSPS) is 11.6. The van der Waals surface area contributed by atoms with Crippen LogP contribution in [0.15, 0.2) is 24.8 Å². The maximum atomic E-state index is 11.7. The zero-order chi connectivity index (χ0) is 13.0. The molecule has 0 saturated heterocycles. The average molecular weight is 234 g/mol. The van der Waals surface area contributed by atoms with Crippen molar-refractivity contribution < 1.29 is 14.7 Å². The number of amides is 1. The number of aromatic nitrogens is 1. The Morgan fingerprint density at radius 2 is 2.18 bits per heavy atom. The van der Waals surface area contributed by atoms with Gasteiger partial charge in [0.25, 0.3) is 5.91 Å². The summed E-state index contributed by atoms with van der Waals surface area (Å²) in [6.45, 7) is 6.88. The lowest BCUT2D eigenvalue weighted by atomic mass is 10.2. The number of carboxylic acid groups (broad SMARTS) is 1. The van der Waals surface area contributed by atoms with Gasteiger partial charge in [0, 0.05) is 6.04 Å². The van der Waals surface area contributed by atoms with Crippen molar-refractivity contribution in [3.63, 3.8) is 0 Å². The quantitative estimate of drug-likeness (QED) is 0.771. The van der Waals surface area contributed by atoms with Gasteiger partial charge in [-0.15, -0.1) is 6.58 Å². The minimum Gasteiger partial charge on any atom is -0.478 e. The summed E-state index contributed by atoms with van der Waals surface area (Å²) in [6.07, 6.45) is 1.59. The van der Waals surface area contributed by atoms with E-state index in [0.717, 1.165) is 0 Å². The number of hydrogen-bond donors (Lipinski definition) is 2. The third-order valence-electron chi connectivity index (χ3n) is 2.26. The van der Waals surface area contributed by atoms with E-state index in [9.17, 15) is 9.59 Å². The molecule has 17 heavy (non-hydrogen) atoms. The van der Waals surface area contributed by atoms with Gasteiger partial charge in [0.15, 0.2) is 0 Å². The van der Waals surface area contributed by atoms with Gasteiger partial charge >= 0.3 is 5.97 Å². The first-order chi connectivity index (χ1) is 7.95. The van der Waals surface area contributed by atoms with E-state index in [4.69, 9.17) is 5.11 Å². The monoisotopic (exact) mass is 234 g/mol. The van der Waals surface area contributed by atoms with Gasteiger partial charge in [-0.1, -0.05) is 6.08 Å². The van der Waals surface area contributed by atoms with Gasteiger partial charge in [0.05, 0.1) is 11.3 Å². The third kappa shape index (κ3) is 3.14. The van der Waals surface area contributed by atoms with E-state index in [0.29, 0.717) is 5.69 Å². The Labute approximate surface area is 99.2 Å². The Bertz CT molecular complexity index is 469. The molecule has 1 aromatic heterocycles. The van der Waals surface area contributed by atoms with Crippen molar-refractivity contribution in [1.29, 1.82) is 0 Å². The van der Waals surface area contributed by atoms with E-state index >= 15 is 0 Å². The predicted octanol–water partition coefficient (Wildman–Crippen LogP) is 1.39. The van der Waals surface area contributed by atoms with E-state index in [-0.39, 0.29) is 23.2 Å². The smallest absolute Gasteiger partial charge is 0.337 e. The molecular weight excluding hydrogens is 220 g/mol. The van der Waals surface area contributed by atoms with Gasteiger partial charge in [-0.2, -0.15) is 0 Å². The molecule has 0 aromatic carbocycles. The molecule has 0 bridgehead atoms. The number of pyridine rings is 1. The number of nitrogens with one attached hydrogen (secondary N) is 1. The third-order valence-corrected chi connectivity index (χ3v) is 2.26. The summed E-state index contributed by atoms with van der Waals surface area (Å²) in [4.78, 5) is 26.4. The van der Waals surface area contributed by atoms with E-state index in [1.807, 2.05) is 0 Å². The van der Waals surface area contributed by atoms with E-state index in [1.54, 1.807) is 19.9 Å². The minimum absolute atomic E-state index is 0.0957. The van der Waals surface area contributed by atoms with Crippen molar-refractivity contribution in [2.75, 3.05) is 0 Å². The molecule has 1 atom stereocenters. The fourth-order valence-corrected chi connectivity index (χ4v) is 1.25. The first-order valence-electron chi connectivity index (χ1n) is 5.10. The van der Waals surface area contributed by atoms with Crippen LogP contribution in [0.3, 0.4) is 0 Å². The van der Waals surface area contributed by atoms with Crippen molar-refractivity contribution in [3.05, 3.63) is 41.7 Å². The van der Waals surface area contributed by atoms with E-state index in [1.165, 1.54) is 12.1 Å². The molecule has 0 fully saturated rings. The van der Waals surface area contributed by atoms with Gasteiger partial charge in [-0.3, -0.25) is 4.79 Å². The SMILES string of the molecule is C=CC(C)NC(=O)c1ccc(C(=O)O)c(C)n1. The maximum Gasteiger partial charge on any atom is 0.337 e. The van der Waals surface area contributed by atoms with Crippen LogP contribution in [0.25, 0.3) is 0 Å². The molecule has 90 valence electrons. The highest BCUT2D eigenvalue weighted by molar-refractivity contribution is 5.94. The number of hydrogen-bond acceptors (Lipinski definition) is 3. The maximum absolute atomic E-state index is 11.7. The second-order valence-corrected chi connectivity index (χ2v) is 3.63. The van der Waals surface area contributed by atoms with Crippen LogP contribution < -0.4 is 5.32 Å². The molecular formula is C12H14N2O3. The molecule has 0 aliphatic heterocycles. The number of nitrogens with zero attached hydrogens (tertiary/aromatic N) is 1. The molecule has 2 N–H and O–H groups in total. The first kappa shape index (κ1) is 12.9. The minimum atomic E-state index is -1.05. The Morgan fingerprint density at radius 1 is 1.53 bits per heavy atom. The Morgan fingerprint density at radius 3 is 2.65 bits per heavy atom. The van der Waals surface area contributed by atoms with Crippen LogP contribution in [-0.2, 0) is 0 Å². The Hall–Kier alpha value is -2.17. The number of aromatic carboxylic acids is 1. The fraction of sp³-hybridized carbons (Fsp3) is 0.250. The molecule has 1 unspecified atom stereocenters. The number of aryl methyl sites for hydroxylation is 1. The topological polar surface area (TPSA) is 79.3 Å². The highest BCUT2D eigenvalue weighted by atomic mass is 16.4. The lowest BCUT2D eigenvalue weighted by Gasteiger charge is -2.09. The molecule has 1 rings (SSSR count). The summed E-state index contributed by atoms with van der Waals surface area (Å²) in [5.41, 5.74) is 0.607. The largest absolute Gasteiger partial charge is 0.478 e. The van der Waals surface area contributed by atoms with Crippen LogP contribution >= 0.6 is 0 Å². The molecule has 0 saturated carbocycles. The molecule has 1 heterocycles. The van der Waals surface area contributed by atoms with Crippen LogP contribution in [0.1, 0.15) is 33.5 Å². The second kappa shape index (κ2) is 5.25. The lowest BCUT2D eigenvalue weighted by molar-refractivity contribution is 0.0694. The fourth-order valence-electron chi connectivity index (χ4n) is 1.25. The van der Waals surface area contributed by atoms with Crippen LogP contribution in [0.4, 0.5) is 0 Å². The second-order valence-electron chi connectivity index (χ2n) is 3.63. The molecule has 0 spiro atoms. The number of carbonyl (C=O) groups is 2. The lowest BCUT2D eigenvalue weighted by Crippen LogP contribution is -2.31. The van der Waals surface area contributed by atoms with Gasteiger partial charge in [0.1, 0.15) is 5.69 Å². The molecule has 5 nitrogen and oxygen atoms in total. The van der Waals surface area contributed by atoms with E-state index in [2.05, 4.69) is 16.9 Å². The number of rotatable bonds is 4. The molecule has 1 aromatic rings. The average Bonchev–Trinajstić information content (AvgIpc) is 2.28. The van der Waals surface area contributed by atoms with Crippen molar-refractivity contribution in [2.45, 2.75) is 19.9 Å². The van der Waals surface area contributed by atoms with Gasteiger partial charge < -0.3 is 10.4 Å².